The van der Waals surface area contributed by atoms with Crippen LogP contribution in [0, 0.1) is 0 Å². The van der Waals surface area contributed by atoms with Crippen molar-refractivity contribution in [3.63, 3.8) is 0 Å². The highest BCUT2D eigenvalue weighted by Gasteiger charge is 2.48. The van der Waals surface area contributed by atoms with E-state index in [1.807, 2.05) is 24.3 Å². The number of H-pyrrole nitrogens is 1. The quantitative estimate of drug-likeness (QED) is 0.392. The number of benzene rings is 2. The summed E-state index contributed by atoms with van der Waals surface area (Å²) in [5.74, 6) is 0. The number of aromatic nitrogens is 6. The molecule has 0 aliphatic carbocycles. The summed E-state index contributed by atoms with van der Waals surface area (Å²) in [6.45, 7) is 0.602. The molecular formula is C26H22N6O4. The molecular weight excluding hydrogens is 460 g/mol. The van der Waals surface area contributed by atoms with Gasteiger partial charge in [-0.05, 0) is 35.4 Å². The molecule has 4 atom stereocenters. The van der Waals surface area contributed by atoms with Crippen LogP contribution in [0.3, 0.4) is 0 Å². The maximum Gasteiger partial charge on any atom is 0.296 e. The van der Waals surface area contributed by atoms with Crippen LogP contribution in [0.1, 0.15) is 0 Å². The Kier molecular flexibility index (Phi) is 5.01. The Morgan fingerprint density at radius 3 is 2.39 bits per heavy atom. The van der Waals surface area contributed by atoms with Crippen molar-refractivity contribution in [1.82, 2.24) is 29.7 Å². The summed E-state index contributed by atoms with van der Waals surface area (Å²) in [5.41, 5.74) is 6.34. The molecule has 7 rings (SSSR count). The molecule has 5 aromatic rings. The van der Waals surface area contributed by atoms with Crippen molar-refractivity contribution in [2.24, 2.45) is 0 Å². The van der Waals surface area contributed by atoms with E-state index in [9.17, 15) is 5.11 Å². The number of aromatic amines is 1. The predicted molar refractivity (Wildman–Crippen MR) is 130 cm³/mol. The summed E-state index contributed by atoms with van der Waals surface area (Å²) in [6.07, 6.45) is 1.60. The zero-order valence-electron chi connectivity index (χ0n) is 19.1. The summed E-state index contributed by atoms with van der Waals surface area (Å²) in [7, 11) is 0. The third-order valence-electron chi connectivity index (χ3n) is 6.63. The lowest BCUT2D eigenvalue weighted by molar-refractivity contribution is 0.00706. The van der Waals surface area contributed by atoms with E-state index in [2.05, 4.69) is 56.4 Å². The van der Waals surface area contributed by atoms with Crippen LogP contribution in [-0.4, -0.2) is 72.5 Å². The smallest absolute Gasteiger partial charge is 0.296 e. The van der Waals surface area contributed by atoms with Gasteiger partial charge in [0.05, 0.1) is 30.1 Å². The van der Waals surface area contributed by atoms with Gasteiger partial charge in [-0.2, -0.15) is 10.1 Å². The Bertz CT molecular complexity index is 1500. The Labute approximate surface area is 205 Å². The lowest BCUT2D eigenvalue weighted by Gasteiger charge is -2.15. The molecule has 2 aliphatic heterocycles. The molecule has 2 saturated heterocycles. The highest BCUT2D eigenvalue weighted by molar-refractivity contribution is 5.77. The van der Waals surface area contributed by atoms with E-state index < -0.39 is 6.10 Å². The number of nitrogens with zero attached hydrogens (tertiary/aromatic N) is 5. The number of imidazole rings is 1. The van der Waals surface area contributed by atoms with Gasteiger partial charge in [0.25, 0.3) is 6.01 Å². The van der Waals surface area contributed by atoms with Crippen LogP contribution >= 0.6 is 0 Å². The molecule has 0 radical (unpaired) electrons. The lowest BCUT2D eigenvalue weighted by Crippen LogP contribution is -2.34. The minimum Gasteiger partial charge on any atom is -0.456 e. The SMILES string of the molecule is O[C@@H]1CO[C@H]2[C@@H]1OC[C@H]2Oc1nc2nc(-c3ccc(-c4ccc(-n5cncn5)cc4)cc3)ccc2[nH]1. The number of rotatable bonds is 5. The van der Waals surface area contributed by atoms with Gasteiger partial charge in [0.1, 0.15) is 31.0 Å². The van der Waals surface area contributed by atoms with E-state index in [-0.39, 0.29) is 24.9 Å². The first kappa shape index (κ1) is 21.2. The van der Waals surface area contributed by atoms with Crippen LogP contribution in [0.15, 0.2) is 73.3 Å². The minimum atomic E-state index is -0.617. The molecule has 5 heterocycles. The van der Waals surface area contributed by atoms with Gasteiger partial charge < -0.3 is 24.3 Å². The van der Waals surface area contributed by atoms with Crippen LogP contribution in [0.2, 0.25) is 0 Å². The zero-order valence-corrected chi connectivity index (χ0v) is 19.1. The third kappa shape index (κ3) is 3.72. The van der Waals surface area contributed by atoms with Gasteiger partial charge in [0.2, 0.25) is 0 Å². The fraction of sp³-hybridized carbons (Fsp3) is 0.231. The fourth-order valence-electron chi connectivity index (χ4n) is 4.76. The molecule has 0 saturated carbocycles. The normalized spacial score (nSPS) is 23.2. The Hall–Kier alpha value is -4.12. The van der Waals surface area contributed by atoms with Crippen molar-refractivity contribution >= 4 is 11.2 Å². The summed E-state index contributed by atoms with van der Waals surface area (Å²) in [6, 6.07) is 20.7. The first-order chi connectivity index (χ1) is 17.7. The van der Waals surface area contributed by atoms with Gasteiger partial charge in [-0.3, -0.25) is 0 Å². The Morgan fingerprint density at radius 1 is 0.861 bits per heavy atom. The van der Waals surface area contributed by atoms with E-state index >= 15 is 0 Å². The molecule has 180 valence electrons. The number of pyridine rings is 1. The maximum atomic E-state index is 9.92. The predicted octanol–water partition coefficient (Wildman–Crippen LogP) is 2.78. The second kappa shape index (κ2) is 8.52. The van der Waals surface area contributed by atoms with E-state index in [0.29, 0.717) is 18.3 Å². The summed E-state index contributed by atoms with van der Waals surface area (Å²) in [4.78, 5) is 16.4. The molecule has 2 N–H and O–H groups in total. The Morgan fingerprint density at radius 2 is 1.61 bits per heavy atom. The first-order valence-electron chi connectivity index (χ1n) is 11.7. The number of hydrogen-bond acceptors (Lipinski definition) is 8. The van der Waals surface area contributed by atoms with Crippen molar-refractivity contribution in [2.75, 3.05) is 13.2 Å². The number of hydrogen-bond donors (Lipinski definition) is 2. The largest absolute Gasteiger partial charge is 0.456 e. The van der Waals surface area contributed by atoms with E-state index in [1.54, 1.807) is 11.0 Å². The minimum absolute atomic E-state index is 0.257. The van der Waals surface area contributed by atoms with Crippen molar-refractivity contribution in [3.8, 4) is 34.1 Å². The summed E-state index contributed by atoms with van der Waals surface area (Å²) >= 11 is 0. The lowest BCUT2D eigenvalue weighted by atomic mass is 10.0. The second-order valence-corrected chi connectivity index (χ2v) is 8.89. The van der Waals surface area contributed by atoms with Gasteiger partial charge in [-0.1, -0.05) is 36.4 Å². The van der Waals surface area contributed by atoms with Crippen LogP contribution in [-0.2, 0) is 9.47 Å². The second-order valence-electron chi connectivity index (χ2n) is 8.89. The van der Waals surface area contributed by atoms with E-state index in [1.165, 1.54) is 6.33 Å². The van der Waals surface area contributed by atoms with Gasteiger partial charge in [0.15, 0.2) is 11.8 Å². The van der Waals surface area contributed by atoms with Crippen LogP contribution in [0.4, 0.5) is 0 Å². The molecule has 0 bridgehead atoms. The third-order valence-corrected chi connectivity index (χ3v) is 6.63. The molecule has 0 amide bonds. The molecule has 2 aromatic carbocycles. The fourth-order valence-corrected chi connectivity index (χ4v) is 4.76. The monoisotopic (exact) mass is 482 g/mol. The van der Waals surface area contributed by atoms with Crippen LogP contribution in [0.5, 0.6) is 6.01 Å². The molecule has 2 aliphatic rings. The van der Waals surface area contributed by atoms with E-state index in [4.69, 9.17) is 19.2 Å². The van der Waals surface area contributed by atoms with Crippen LogP contribution in [0.25, 0.3) is 39.2 Å². The molecule has 0 spiro atoms. The summed E-state index contributed by atoms with van der Waals surface area (Å²) in [5, 5.41) is 14.1. The number of fused-ring (bicyclic) bond motifs is 2. The first-order valence-corrected chi connectivity index (χ1v) is 11.7. The molecule has 36 heavy (non-hydrogen) atoms. The van der Waals surface area contributed by atoms with Crippen molar-refractivity contribution in [3.05, 3.63) is 73.3 Å². The average Bonchev–Trinajstić information content (AvgIpc) is 3.71. The summed E-state index contributed by atoms with van der Waals surface area (Å²) < 4.78 is 19.0. The van der Waals surface area contributed by atoms with E-state index in [0.717, 1.165) is 33.6 Å². The number of aliphatic hydroxyl groups is 1. The molecule has 2 fully saturated rings. The number of ether oxygens (including phenoxy) is 3. The molecule has 10 nitrogen and oxygen atoms in total. The van der Waals surface area contributed by atoms with Crippen LogP contribution < -0.4 is 4.74 Å². The van der Waals surface area contributed by atoms with Crippen molar-refractivity contribution in [2.45, 2.75) is 24.4 Å². The molecule has 3 aromatic heterocycles. The molecule has 10 heteroatoms. The Balaban J connectivity index is 1.08. The zero-order chi connectivity index (χ0) is 24.1. The topological polar surface area (TPSA) is 120 Å². The van der Waals surface area contributed by atoms with Gasteiger partial charge >= 0.3 is 0 Å². The van der Waals surface area contributed by atoms with Gasteiger partial charge in [-0.25, -0.2) is 14.6 Å². The average molecular weight is 483 g/mol. The van der Waals surface area contributed by atoms with Gasteiger partial charge in [-0.15, -0.1) is 0 Å². The molecule has 0 unspecified atom stereocenters. The standard InChI is InChI=1S/C26H22N6O4/c33-21-11-34-24-22(12-35-23(21)24)36-26-30-20-10-9-19(29-25(20)31-26)17-3-1-15(2-4-17)16-5-7-18(8-6-16)32-14-27-13-28-32/h1-10,13-14,21-24,33H,11-12H2,(H,29,30,31)/t21-,22-,23-,24-/m1/s1. The highest BCUT2D eigenvalue weighted by Crippen LogP contribution is 2.30. The van der Waals surface area contributed by atoms with Crippen molar-refractivity contribution in [1.29, 1.82) is 0 Å². The highest BCUT2D eigenvalue weighted by atomic mass is 16.6. The maximum absolute atomic E-state index is 9.92. The van der Waals surface area contributed by atoms with Gasteiger partial charge in [0, 0.05) is 5.56 Å². The van der Waals surface area contributed by atoms with Crippen molar-refractivity contribution < 1.29 is 19.3 Å². The number of nitrogens with one attached hydrogen (secondary N) is 1. The number of aliphatic hydroxyl groups excluding tert-OH is 1.